The molecule has 2 aromatic carbocycles. The highest BCUT2D eigenvalue weighted by molar-refractivity contribution is 6.05. The molecule has 0 spiro atoms. The number of nitrogens with one attached hydrogen (secondary N) is 2. The fourth-order valence-corrected chi connectivity index (χ4v) is 2.09. The van der Waals surface area contributed by atoms with Gasteiger partial charge in [-0.3, -0.25) is 9.59 Å². The smallest absolute Gasteiger partial charge is 0.255 e. The molecule has 0 fully saturated rings. The quantitative estimate of drug-likeness (QED) is 0.854. The molecular weight excluding hydrogens is 304 g/mol. The van der Waals surface area contributed by atoms with Crippen molar-refractivity contribution in [2.45, 2.75) is 26.3 Å². The van der Waals surface area contributed by atoms with Gasteiger partial charge in [-0.05, 0) is 49.7 Å². The van der Waals surface area contributed by atoms with Crippen molar-refractivity contribution in [2.24, 2.45) is 0 Å². The van der Waals surface area contributed by atoms with Gasteiger partial charge < -0.3 is 15.4 Å². The topological polar surface area (TPSA) is 67.4 Å². The SMILES string of the molecule is CCC(C)NC(=O)c1ccc(C(=O)Nc2cccc(OC)c2)cc1. The van der Waals surface area contributed by atoms with E-state index in [4.69, 9.17) is 4.74 Å². The summed E-state index contributed by atoms with van der Waals surface area (Å²) >= 11 is 0. The number of benzene rings is 2. The van der Waals surface area contributed by atoms with Crippen LogP contribution in [-0.4, -0.2) is 25.0 Å². The largest absolute Gasteiger partial charge is 0.497 e. The van der Waals surface area contributed by atoms with E-state index in [2.05, 4.69) is 10.6 Å². The molecule has 1 atom stereocenters. The molecule has 2 rings (SSSR count). The van der Waals surface area contributed by atoms with Crippen molar-refractivity contribution >= 4 is 17.5 Å². The van der Waals surface area contributed by atoms with Gasteiger partial charge in [-0.1, -0.05) is 13.0 Å². The maximum absolute atomic E-state index is 12.3. The van der Waals surface area contributed by atoms with E-state index in [9.17, 15) is 9.59 Å². The second-order valence-electron chi connectivity index (χ2n) is 5.55. The first-order chi connectivity index (χ1) is 11.5. The van der Waals surface area contributed by atoms with Crippen molar-refractivity contribution in [3.05, 3.63) is 59.7 Å². The lowest BCUT2D eigenvalue weighted by molar-refractivity contribution is 0.0937. The van der Waals surface area contributed by atoms with Gasteiger partial charge in [0.05, 0.1) is 7.11 Å². The molecule has 2 amide bonds. The molecule has 0 aromatic heterocycles. The van der Waals surface area contributed by atoms with Crippen LogP contribution in [0, 0.1) is 0 Å². The lowest BCUT2D eigenvalue weighted by Crippen LogP contribution is -2.31. The summed E-state index contributed by atoms with van der Waals surface area (Å²) in [4.78, 5) is 24.3. The average Bonchev–Trinajstić information content (AvgIpc) is 2.61. The molecule has 5 nitrogen and oxygen atoms in total. The van der Waals surface area contributed by atoms with Crippen LogP contribution in [0.5, 0.6) is 5.75 Å². The van der Waals surface area contributed by atoms with Gasteiger partial charge in [0.15, 0.2) is 0 Å². The lowest BCUT2D eigenvalue weighted by atomic mass is 10.1. The Morgan fingerprint density at radius 3 is 2.25 bits per heavy atom. The molecule has 0 aliphatic carbocycles. The van der Waals surface area contributed by atoms with Crippen LogP contribution in [0.4, 0.5) is 5.69 Å². The van der Waals surface area contributed by atoms with E-state index in [1.807, 2.05) is 13.8 Å². The van der Waals surface area contributed by atoms with Gasteiger partial charge in [-0.2, -0.15) is 0 Å². The van der Waals surface area contributed by atoms with Crippen LogP contribution in [0.15, 0.2) is 48.5 Å². The molecular formula is C19H22N2O3. The highest BCUT2D eigenvalue weighted by Crippen LogP contribution is 2.17. The number of hydrogen-bond acceptors (Lipinski definition) is 3. The molecule has 0 saturated carbocycles. The maximum Gasteiger partial charge on any atom is 0.255 e. The van der Waals surface area contributed by atoms with E-state index < -0.39 is 0 Å². The summed E-state index contributed by atoms with van der Waals surface area (Å²) in [6, 6.07) is 13.8. The van der Waals surface area contributed by atoms with Crippen molar-refractivity contribution in [3.8, 4) is 5.75 Å². The molecule has 5 heteroatoms. The third-order valence-corrected chi connectivity index (χ3v) is 3.73. The zero-order valence-corrected chi connectivity index (χ0v) is 14.1. The molecule has 24 heavy (non-hydrogen) atoms. The molecule has 0 heterocycles. The molecule has 0 bridgehead atoms. The van der Waals surface area contributed by atoms with E-state index in [0.717, 1.165) is 6.42 Å². The number of amides is 2. The van der Waals surface area contributed by atoms with E-state index >= 15 is 0 Å². The van der Waals surface area contributed by atoms with Gasteiger partial charge in [0.1, 0.15) is 5.75 Å². The first-order valence-corrected chi connectivity index (χ1v) is 7.89. The van der Waals surface area contributed by atoms with Gasteiger partial charge in [0.25, 0.3) is 11.8 Å². The number of rotatable bonds is 6. The van der Waals surface area contributed by atoms with Crippen molar-refractivity contribution in [3.63, 3.8) is 0 Å². The normalized spacial score (nSPS) is 11.5. The lowest BCUT2D eigenvalue weighted by Gasteiger charge is -2.11. The minimum atomic E-state index is -0.239. The van der Waals surface area contributed by atoms with Crippen LogP contribution in [0.25, 0.3) is 0 Å². The number of carbonyl (C=O) groups excluding carboxylic acids is 2. The Morgan fingerprint density at radius 2 is 1.67 bits per heavy atom. The Hall–Kier alpha value is -2.82. The van der Waals surface area contributed by atoms with E-state index in [1.165, 1.54) is 0 Å². The number of ether oxygens (including phenoxy) is 1. The van der Waals surface area contributed by atoms with Gasteiger partial charge in [-0.15, -0.1) is 0 Å². The fourth-order valence-electron chi connectivity index (χ4n) is 2.09. The van der Waals surface area contributed by atoms with Crippen molar-refractivity contribution < 1.29 is 14.3 Å². The van der Waals surface area contributed by atoms with Crippen LogP contribution < -0.4 is 15.4 Å². The highest BCUT2D eigenvalue weighted by atomic mass is 16.5. The Bertz CT molecular complexity index is 711. The van der Waals surface area contributed by atoms with Crippen LogP contribution >= 0.6 is 0 Å². The molecule has 2 aromatic rings. The third kappa shape index (κ3) is 4.59. The predicted molar refractivity (Wildman–Crippen MR) is 94.6 cm³/mol. The van der Waals surface area contributed by atoms with Crippen molar-refractivity contribution in [1.82, 2.24) is 5.32 Å². The Balaban J connectivity index is 2.04. The van der Waals surface area contributed by atoms with E-state index in [0.29, 0.717) is 22.6 Å². The summed E-state index contributed by atoms with van der Waals surface area (Å²) in [7, 11) is 1.57. The zero-order chi connectivity index (χ0) is 17.5. The third-order valence-electron chi connectivity index (χ3n) is 3.73. The van der Waals surface area contributed by atoms with Gasteiger partial charge in [0.2, 0.25) is 0 Å². The van der Waals surface area contributed by atoms with E-state index in [-0.39, 0.29) is 17.9 Å². The minimum absolute atomic E-state index is 0.119. The molecule has 0 radical (unpaired) electrons. The monoisotopic (exact) mass is 326 g/mol. The standard InChI is InChI=1S/C19H22N2O3/c1-4-13(2)20-18(22)14-8-10-15(11-9-14)19(23)21-16-6-5-7-17(12-16)24-3/h5-13H,4H2,1-3H3,(H,20,22)(H,21,23). The van der Waals surface area contributed by atoms with Gasteiger partial charge in [-0.25, -0.2) is 0 Å². The molecule has 1 unspecified atom stereocenters. The first-order valence-electron chi connectivity index (χ1n) is 7.89. The zero-order valence-electron chi connectivity index (χ0n) is 14.1. The summed E-state index contributed by atoms with van der Waals surface area (Å²) in [5.41, 5.74) is 1.67. The van der Waals surface area contributed by atoms with Crippen LogP contribution in [0.1, 0.15) is 41.0 Å². The number of carbonyl (C=O) groups is 2. The second kappa shape index (κ2) is 8.15. The second-order valence-corrected chi connectivity index (χ2v) is 5.55. The van der Waals surface area contributed by atoms with Gasteiger partial charge >= 0.3 is 0 Å². The minimum Gasteiger partial charge on any atom is -0.497 e. The number of anilines is 1. The Kier molecular flexibility index (Phi) is 5.95. The van der Waals surface area contributed by atoms with Gasteiger partial charge in [0, 0.05) is 28.9 Å². The summed E-state index contributed by atoms with van der Waals surface area (Å²) in [6.07, 6.45) is 0.868. The maximum atomic E-state index is 12.3. The summed E-state index contributed by atoms with van der Waals surface area (Å²) < 4.78 is 5.13. The predicted octanol–water partition coefficient (Wildman–Crippen LogP) is 3.48. The number of methoxy groups -OCH3 is 1. The van der Waals surface area contributed by atoms with Crippen molar-refractivity contribution in [1.29, 1.82) is 0 Å². The number of hydrogen-bond donors (Lipinski definition) is 2. The summed E-state index contributed by atoms with van der Waals surface area (Å²) in [5, 5.41) is 5.70. The highest BCUT2D eigenvalue weighted by Gasteiger charge is 2.11. The van der Waals surface area contributed by atoms with Crippen LogP contribution in [-0.2, 0) is 0 Å². The molecule has 126 valence electrons. The summed E-state index contributed by atoms with van der Waals surface area (Å²) in [6.45, 7) is 3.96. The summed E-state index contributed by atoms with van der Waals surface area (Å²) in [5.74, 6) is 0.297. The van der Waals surface area contributed by atoms with E-state index in [1.54, 1.807) is 55.6 Å². The van der Waals surface area contributed by atoms with Crippen LogP contribution in [0.3, 0.4) is 0 Å². The average molecular weight is 326 g/mol. The molecule has 0 saturated heterocycles. The Labute approximate surface area is 142 Å². The molecule has 2 N–H and O–H groups in total. The van der Waals surface area contributed by atoms with Crippen molar-refractivity contribution in [2.75, 3.05) is 12.4 Å². The van der Waals surface area contributed by atoms with Crippen LogP contribution in [0.2, 0.25) is 0 Å². The first kappa shape index (κ1) is 17.5. The fraction of sp³-hybridized carbons (Fsp3) is 0.263. The molecule has 0 aliphatic heterocycles. The molecule has 0 aliphatic rings. The Morgan fingerprint density at radius 1 is 1.04 bits per heavy atom.